The first-order valence-corrected chi connectivity index (χ1v) is 8.40. The number of carbonyl (C=O) groups excluding carboxylic acids is 1. The van der Waals surface area contributed by atoms with Gasteiger partial charge in [-0.3, -0.25) is 0 Å². The highest BCUT2D eigenvalue weighted by atomic mass is 16.6. The van der Waals surface area contributed by atoms with E-state index >= 15 is 0 Å². The summed E-state index contributed by atoms with van der Waals surface area (Å²) in [5, 5.41) is 0. The van der Waals surface area contributed by atoms with E-state index in [1.54, 1.807) is 11.9 Å². The summed E-state index contributed by atoms with van der Waals surface area (Å²) >= 11 is 0. The summed E-state index contributed by atoms with van der Waals surface area (Å²) in [6.45, 7) is 7.22. The molecule has 1 aromatic carbocycles. The van der Waals surface area contributed by atoms with Gasteiger partial charge in [0.15, 0.2) is 5.58 Å². The lowest BCUT2D eigenvalue weighted by Crippen LogP contribution is -2.49. The first-order valence-electron chi connectivity index (χ1n) is 8.40. The Labute approximate surface area is 142 Å². The maximum atomic E-state index is 12.3. The second kappa shape index (κ2) is 6.34. The van der Waals surface area contributed by atoms with Crippen LogP contribution in [0.1, 0.15) is 33.6 Å². The lowest BCUT2D eigenvalue weighted by molar-refractivity contribution is 0.0208. The van der Waals surface area contributed by atoms with Crippen LogP contribution in [0.4, 0.5) is 10.8 Å². The molecule has 0 radical (unpaired) electrons. The number of fused-ring (bicyclic) bond motifs is 1. The third kappa shape index (κ3) is 3.63. The highest BCUT2D eigenvalue weighted by Gasteiger charge is 2.30. The molecular formula is C18H25N3O3. The highest BCUT2D eigenvalue weighted by Crippen LogP contribution is 2.26. The molecule has 0 unspecified atom stereocenters. The van der Waals surface area contributed by atoms with E-state index in [0.29, 0.717) is 12.6 Å². The topological polar surface area (TPSA) is 58.8 Å². The van der Waals surface area contributed by atoms with Crippen molar-refractivity contribution in [1.29, 1.82) is 0 Å². The minimum absolute atomic E-state index is 0.0867. The van der Waals surface area contributed by atoms with Crippen LogP contribution in [0.15, 0.2) is 28.7 Å². The number of aromatic nitrogens is 1. The molecule has 2 heterocycles. The number of ether oxygens (including phenoxy) is 1. The van der Waals surface area contributed by atoms with Crippen molar-refractivity contribution >= 4 is 23.2 Å². The monoisotopic (exact) mass is 331 g/mol. The lowest BCUT2D eigenvalue weighted by Gasteiger charge is -2.37. The van der Waals surface area contributed by atoms with E-state index in [1.807, 2.05) is 45.0 Å². The Hall–Kier alpha value is -2.24. The van der Waals surface area contributed by atoms with E-state index in [0.717, 1.165) is 30.5 Å². The third-order valence-electron chi connectivity index (χ3n) is 4.18. The van der Waals surface area contributed by atoms with Gasteiger partial charge in [0.05, 0.1) is 6.04 Å². The maximum absolute atomic E-state index is 12.3. The molecule has 0 saturated carbocycles. The SMILES string of the molecule is CN(C(=O)OC(C)(C)C)[C@@H]1CCCN(c2nc3ccccc3o2)C1. The number of oxazole rings is 1. The Bertz CT molecular complexity index is 687. The lowest BCUT2D eigenvalue weighted by atomic mass is 10.1. The molecule has 0 aliphatic carbocycles. The van der Waals surface area contributed by atoms with Gasteiger partial charge in [-0.2, -0.15) is 4.98 Å². The van der Waals surface area contributed by atoms with Gasteiger partial charge in [0.1, 0.15) is 11.1 Å². The number of carbonyl (C=O) groups is 1. The number of rotatable bonds is 2. The van der Waals surface area contributed by atoms with Crippen molar-refractivity contribution in [2.45, 2.75) is 45.3 Å². The molecule has 2 aromatic rings. The van der Waals surface area contributed by atoms with Crippen molar-refractivity contribution in [3.05, 3.63) is 24.3 Å². The summed E-state index contributed by atoms with van der Waals surface area (Å²) in [7, 11) is 1.80. The third-order valence-corrected chi connectivity index (χ3v) is 4.18. The molecule has 1 aromatic heterocycles. The van der Waals surface area contributed by atoms with Gasteiger partial charge in [-0.25, -0.2) is 4.79 Å². The predicted molar refractivity (Wildman–Crippen MR) is 93.2 cm³/mol. The van der Waals surface area contributed by atoms with Crippen LogP contribution in [0, 0.1) is 0 Å². The minimum atomic E-state index is -0.486. The fourth-order valence-electron chi connectivity index (χ4n) is 2.92. The molecule has 1 atom stereocenters. The molecule has 130 valence electrons. The van der Waals surface area contributed by atoms with Gasteiger partial charge in [0.2, 0.25) is 0 Å². The number of benzene rings is 1. The fraction of sp³-hybridized carbons (Fsp3) is 0.556. The smallest absolute Gasteiger partial charge is 0.410 e. The number of amides is 1. The first-order chi connectivity index (χ1) is 11.3. The second-order valence-electron chi connectivity index (χ2n) is 7.30. The molecule has 1 fully saturated rings. The normalized spacial score (nSPS) is 18.7. The van der Waals surface area contributed by atoms with Crippen LogP contribution in [-0.4, -0.2) is 47.8 Å². The summed E-state index contributed by atoms with van der Waals surface area (Å²) in [6.07, 6.45) is 1.65. The molecule has 6 nitrogen and oxygen atoms in total. The van der Waals surface area contributed by atoms with Gasteiger partial charge in [-0.05, 0) is 45.7 Å². The summed E-state index contributed by atoms with van der Waals surface area (Å²) in [5.41, 5.74) is 1.16. The van der Waals surface area contributed by atoms with Crippen molar-refractivity contribution in [3.63, 3.8) is 0 Å². The summed E-state index contributed by atoms with van der Waals surface area (Å²) in [6, 6.07) is 8.45. The molecule has 1 aliphatic heterocycles. The zero-order chi connectivity index (χ0) is 17.3. The molecule has 3 rings (SSSR count). The summed E-state index contributed by atoms with van der Waals surface area (Å²) in [5.74, 6) is 0. The van der Waals surface area contributed by atoms with Crippen LogP contribution < -0.4 is 4.90 Å². The van der Waals surface area contributed by atoms with E-state index in [9.17, 15) is 4.79 Å². The second-order valence-corrected chi connectivity index (χ2v) is 7.30. The fourth-order valence-corrected chi connectivity index (χ4v) is 2.92. The van der Waals surface area contributed by atoms with Crippen LogP contribution in [0.3, 0.4) is 0 Å². The van der Waals surface area contributed by atoms with Crippen LogP contribution in [0.25, 0.3) is 11.1 Å². The minimum Gasteiger partial charge on any atom is -0.444 e. The average molecular weight is 331 g/mol. The molecular weight excluding hydrogens is 306 g/mol. The van der Waals surface area contributed by atoms with Gasteiger partial charge in [-0.1, -0.05) is 12.1 Å². The highest BCUT2D eigenvalue weighted by molar-refractivity contribution is 5.74. The standard InChI is InChI=1S/C18H25N3O3/c1-18(2,3)24-17(22)20(4)13-8-7-11-21(12-13)16-19-14-9-5-6-10-15(14)23-16/h5-6,9-10,13H,7-8,11-12H2,1-4H3/t13-/m1/s1. The zero-order valence-corrected chi connectivity index (χ0v) is 14.8. The maximum Gasteiger partial charge on any atom is 0.410 e. The quantitative estimate of drug-likeness (QED) is 0.840. The molecule has 24 heavy (non-hydrogen) atoms. The summed E-state index contributed by atoms with van der Waals surface area (Å²) < 4.78 is 11.3. The molecule has 6 heteroatoms. The van der Waals surface area contributed by atoms with E-state index in [2.05, 4.69) is 9.88 Å². The molecule has 0 spiro atoms. The van der Waals surface area contributed by atoms with E-state index in [1.165, 1.54) is 0 Å². The van der Waals surface area contributed by atoms with Gasteiger partial charge in [-0.15, -0.1) is 0 Å². The van der Waals surface area contributed by atoms with Crippen LogP contribution in [0.2, 0.25) is 0 Å². The van der Waals surface area contributed by atoms with Crippen LogP contribution in [-0.2, 0) is 4.74 Å². The molecule has 1 saturated heterocycles. The number of anilines is 1. The molecule has 1 amide bonds. The Morgan fingerprint density at radius 3 is 2.83 bits per heavy atom. The van der Waals surface area contributed by atoms with Crippen molar-refractivity contribution in [1.82, 2.24) is 9.88 Å². The molecule has 0 N–H and O–H groups in total. The van der Waals surface area contributed by atoms with Gasteiger partial charge >= 0.3 is 6.09 Å². The van der Waals surface area contributed by atoms with Crippen LogP contribution >= 0.6 is 0 Å². The van der Waals surface area contributed by atoms with Gasteiger partial charge in [0, 0.05) is 20.1 Å². The number of hydrogen-bond acceptors (Lipinski definition) is 5. The largest absolute Gasteiger partial charge is 0.444 e. The van der Waals surface area contributed by atoms with E-state index in [-0.39, 0.29) is 12.1 Å². The Morgan fingerprint density at radius 1 is 1.38 bits per heavy atom. The van der Waals surface area contributed by atoms with Crippen LogP contribution in [0.5, 0.6) is 0 Å². The Morgan fingerprint density at radius 2 is 2.12 bits per heavy atom. The summed E-state index contributed by atoms with van der Waals surface area (Å²) in [4.78, 5) is 20.6. The number of piperidine rings is 1. The number of likely N-dealkylation sites (N-methyl/N-ethyl adjacent to an activating group) is 1. The Kier molecular flexibility index (Phi) is 4.39. The van der Waals surface area contributed by atoms with E-state index < -0.39 is 5.60 Å². The van der Waals surface area contributed by atoms with Gasteiger partial charge in [0.25, 0.3) is 6.01 Å². The first kappa shape index (κ1) is 16.6. The van der Waals surface area contributed by atoms with Crippen molar-refractivity contribution in [3.8, 4) is 0 Å². The average Bonchev–Trinajstić information content (AvgIpc) is 2.96. The van der Waals surface area contributed by atoms with Gasteiger partial charge < -0.3 is 19.0 Å². The van der Waals surface area contributed by atoms with Crippen molar-refractivity contribution in [2.75, 3.05) is 25.0 Å². The zero-order valence-electron chi connectivity index (χ0n) is 14.8. The Balaban J connectivity index is 1.70. The number of nitrogens with zero attached hydrogens (tertiary/aromatic N) is 3. The predicted octanol–water partition coefficient (Wildman–Crippen LogP) is 3.66. The van der Waals surface area contributed by atoms with Crippen molar-refractivity contribution in [2.24, 2.45) is 0 Å². The number of hydrogen-bond donors (Lipinski definition) is 0. The van der Waals surface area contributed by atoms with E-state index in [4.69, 9.17) is 9.15 Å². The molecule has 0 bridgehead atoms. The molecule has 1 aliphatic rings. The number of para-hydroxylation sites is 2. The van der Waals surface area contributed by atoms with Crippen molar-refractivity contribution < 1.29 is 13.9 Å².